The molecule has 1 aromatic carbocycles. The Hall–Kier alpha value is -1.02. The second-order valence-electron chi connectivity index (χ2n) is 6.48. The fraction of sp³-hybridized carbons (Fsp3) is 0.684. The van der Waals surface area contributed by atoms with Crippen LogP contribution in [0.5, 0.6) is 5.75 Å². The normalized spacial score (nSPS) is 24.8. The number of phenols is 1. The Bertz CT molecular complexity index is 443. The van der Waals surface area contributed by atoms with Crippen molar-refractivity contribution in [2.45, 2.75) is 71.3 Å². The van der Waals surface area contributed by atoms with Crippen LogP contribution in [0.1, 0.15) is 69.9 Å². The van der Waals surface area contributed by atoms with E-state index < -0.39 is 0 Å². The number of hydrogen-bond donors (Lipinski definition) is 2. The molecule has 2 N–H and O–H groups in total. The predicted octanol–water partition coefficient (Wildman–Crippen LogP) is 4.62. The van der Waals surface area contributed by atoms with E-state index in [9.17, 15) is 5.11 Å². The molecule has 0 aliphatic heterocycles. The molecule has 0 heterocycles. The van der Waals surface area contributed by atoms with Crippen LogP contribution in [-0.2, 0) is 6.42 Å². The molecule has 118 valence electrons. The van der Waals surface area contributed by atoms with E-state index in [1.807, 2.05) is 12.1 Å². The average Bonchev–Trinajstić information content (AvgIpc) is 2.49. The van der Waals surface area contributed by atoms with Crippen LogP contribution in [0.4, 0.5) is 0 Å². The van der Waals surface area contributed by atoms with Gasteiger partial charge < -0.3 is 10.4 Å². The summed E-state index contributed by atoms with van der Waals surface area (Å²) in [6.07, 6.45) is 7.27. The summed E-state index contributed by atoms with van der Waals surface area (Å²) in [6, 6.07) is 6.56. The number of phenolic OH excluding ortho intramolecular Hbond substituents is 1. The van der Waals surface area contributed by atoms with Crippen molar-refractivity contribution in [1.29, 1.82) is 0 Å². The third-order valence-corrected chi connectivity index (χ3v) is 4.99. The summed E-state index contributed by atoms with van der Waals surface area (Å²) in [5.41, 5.74) is 2.84. The second-order valence-corrected chi connectivity index (χ2v) is 6.48. The van der Waals surface area contributed by atoms with Gasteiger partial charge in [-0.25, -0.2) is 0 Å². The highest BCUT2D eigenvalue weighted by atomic mass is 16.3. The number of benzene rings is 1. The molecule has 1 aromatic rings. The number of unbranched alkanes of at least 4 members (excludes halogenated alkanes) is 1. The maximum absolute atomic E-state index is 9.88. The van der Waals surface area contributed by atoms with Crippen molar-refractivity contribution in [1.82, 2.24) is 5.32 Å². The van der Waals surface area contributed by atoms with E-state index in [0.29, 0.717) is 17.7 Å². The van der Waals surface area contributed by atoms with Crippen LogP contribution in [0, 0.1) is 5.92 Å². The standard InChI is InChI=1S/C19H31NO/c1-4-7-11-20-19-14(6-3)12-15-9-10-16(21)13-18(15)17(19)8-5-2/h9-10,13-14,17,19-21H,4-8,11-12H2,1-3H3. The van der Waals surface area contributed by atoms with E-state index >= 15 is 0 Å². The van der Waals surface area contributed by atoms with Gasteiger partial charge in [-0.3, -0.25) is 0 Å². The molecule has 2 nitrogen and oxygen atoms in total. The average molecular weight is 289 g/mol. The lowest BCUT2D eigenvalue weighted by molar-refractivity contribution is 0.265. The summed E-state index contributed by atoms with van der Waals surface area (Å²) in [5, 5.41) is 13.7. The maximum atomic E-state index is 9.88. The Morgan fingerprint density at radius 3 is 2.67 bits per heavy atom. The smallest absolute Gasteiger partial charge is 0.115 e. The molecule has 1 aliphatic rings. The van der Waals surface area contributed by atoms with E-state index in [1.165, 1.54) is 43.2 Å². The molecule has 0 bridgehead atoms. The lowest BCUT2D eigenvalue weighted by atomic mass is 9.70. The lowest BCUT2D eigenvalue weighted by Gasteiger charge is -2.40. The molecule has 0 amide bonds. The summed E-state index contributed by atoms with van der Waals surface area (Å²) < 4.78 is 0. The zero-order chi connectivity index (χ0) is 15.2. The fourth-order valence-corrected chi connectivity index (χ4v) is 3.84. The Morgan fingerprint density at radius 2 is 2.00 bits per heavy atom. The molecular weight excluding hydrogens is 258 g/mol. The number of rotatable bonds is 7. The highest BCUT2D eigenvalue weighted by Crippen LogP contribution is 2.40. The first kappa shape index (κ1) is 16.4. The highest BCUT2D eigenvalue weighted by molar-refractivity contribution is 5.40. The van der Waals surface area contributed by atoms with Crippen molar-refractivity contribution in [2.75, 3.05) is 6.54 Å². The van der Waals surface area contributed by atoms with Gasteiger partial charge >= 0.3 is 0 Å². The summed E-state index contributed by atoms with van der Waals surface area (Å²) in [7, 11) is 0. The first-order chi connectivity index (χ1) is 10.2. The van der Waals surface area contributed by atoms with Crippen LogP contribution >= 0.6 is 0 Å². The molecule has 21 heavy (non-hydrogen) atoms. The van der Waals surface area contributed by atoms with Crippen molar-refractivity contribution >= 4 is 0 Å². The SMILES string of the molecule is CCCCNC1C(CC)Cc2ccc(O)cc2C1CCC. The van der Waals surface area contributed by atoms with Crippen LogP contribution < -0.4 is 5.32 Å². The lowest BCUT2D eigenvalue weighted by Crippen LogP contribution is -2.45. The molecule has 0 saturated carbocycles. The van der Waals surface area contributed by atoms with Crippen molar-refractivity contribution < 1.29 is 5.11 Å². The Morgan fingerprint density at radius 1 is 1.19 bits per heavy atom. The Labute approximate surface area is 130 Å². The van der Waals surface area contributed by atoms with E-state index in [1.54, 1.807) is 0 Å². The van der Waals surface area contributed by atoms with E-state index in [4.69, 9.17) is 0 Å². The van der Waals surface area contributed by atoms with Gasteiger partial charge in [0.15, 0.2) is 0 Å². The van der Waals surface area contributed by atoms with Crippen LogP contribution in [0.15, 0.2) is 18.2 Å². The van der Waals surface area contributed by atoms with Gasteiger partial charge in [0, 0.05) is 6.04 Å². The van der Waals surface area contributed by atoms with E-state index in [0.717, 1.165) is 18.9 Å². The number of aromatic hydroxyl groups is 1. The van der Waals surface area contributed by atoms with Gasteiger partial charge in [0.25, 0.3) is 0 Å². The van der Waals surface area contributed by atoms with Crippen LogP contribution in [0.25, 0.3) is 0 Å². The minimum atomic E-state index is 0.414. The quantitative estimate of drug-likeness (QED) is 0.718. The zero-order valence-corrected chi connectivity index (χ0v) is 13.9. The maximum Gasteiger partial charge on any atom is 0.115 e. The summed E-state index contributed by atoms with van der Waals surface area (Å²) in [5.74, 6) is 1.68. The third-order valence-electron chi connectivity index (χ3n) is 4.99. The molecule has 0 saturated heterocycles. The molecular formula is C19H31NO. The number of nitrogens with one attached hydrogen (secondary N) is 1. The molecule has 3 unspecified atom stereocenters. The number of hydrogen-bond acceptors (Lipinski definition) is 2. The van der Waals surface area contributed by atoms with Gasteiger partial charge in [-0.15, -0.1) is 0 Å². The van der Waals surface area contributed by atoms with Crippen LogP contribution in [-0.4, -0.2) is 17.7 Å². The largest absolute Gasteiger partial charge is 0.508 e. The van der Waals surface area contributed by atoms with Gasteiger partial charge in [0.05, 0.1) is 0 Å². The summed E-state index contributed by atoms with van der Waals surface area (Å²) in [4.78, 5) is 0. The minimum absolute atomic E-state index is 0.414. The monoisotopic (exact) mass is 289 g/mol. The van der Waals surface area contributed by atoms with Gasteiger partial charge in [-0.2, -0.15) is 0 Å². The van der Waals surface area contributed by atoms with Gasteiger partial charge in [-0.1, -0.05) is 46.1 Å². The molecule has 0 fully saturated rings. The predicted molar refractivity (Wildman–Crippen MR) is 89.9 cm³/mol. The minimum Gasteiger partial charge on any atom is -0.508 e. The molecule has 0 radical (unpaired) electrons. The molecule has 2 heteroatoms. The second kappa shape index (κ2) is 7.84. The summed E-state index contributed by atoms with van der Waals surface area (Å²) in [6.45, 7) is 7.94. The van der Waals surface area contributed by atoms with Crippen molar-refractivity contribution in [2.24, 2.45) is 5.92 Å². The van der Waals surface area contributed by atoms with Gasteiger partial charge in [-0.05, 0) is 60.9 Å². The first-order valence-corrected chi connectivity index (χ1v) is 8.76. The van der Waals surface area contributed by atoms with Crippen LogP contribution in [0.2, 0.25) is 0 Å². The Balaban J connectivity index is 2.27. The van der Waals surface area contributed by atoms with Crippen molar-refractivity contribution in [3.63, 3.8) is 0 Å². The van der Waals surface area contributed by atoms with Crippen molar-refractivity contribution in [3.8, 4) is 5.75 Å². The molecule has 1 aliphatic carbocycles. The van der Waals surface area contributed by atoms with Crippen molar-refractivity contribution in [3.05, 3.63) is 29.3 Å². The molecule has 0 aromatic heterocycles. The summed E-state index contributed by atoms with van der Waals surface area (Å²) >= 11 is 0. The number of fused-ring (bicyclic) bond motifs is 1. The van der Waals surface area contributed by atoms with E-state index in [-0.39, 0.29) is 0 Å². The third kappa shape index (κ3) is 3.79. The van der Waals surface area contributed by atoms with Gasteiger partial charge in [0.1, 0.15) is 5.75 Å². The molecule has 3 atom stereocenters. The molecule has 0 spiro atoms. The Kier molecular flexibility index (Phi) is 6.10. The van der Waals surface area contributed by atoms with Gasteiger partial charge in [0.2, 0.25) is 0 Å². The topological polar surface area (TPSA) is 32.3 Å². The first-order valence-electron chi connectivity index (χ1n) is 8.76. The molecule has 2 rings (SSSR count). The fourth-order valence-electron chi connectivity index (χ4n) is 3.84. The van der Waals surface area contributed by atoms with E-state index in [2.05, 4.69) is 32.2 Å². The highest BCUT2D eigenvalue weighted by Gasteiger charge is 2.34. The zero-order valence-electron chi connectivity index (χ0n) is 13.9. The van der Waals surface area contributed by atoms with Crippen LogP contribution in [0.3, 0.4) is 0 Å².